The lowest BCUT2D eigenvalue weighted by Gasteiger charge is -2.45. The highest BCUT2D eigenvalue weighted by Crippen LogP contribution is 2.22. The first-order valence-corrected chi connectivity index (χ1v) is 15.8. The van der Waals surface area contributed by atoms with E-state index in [0.29, 0.717) is 42.8 Å². The molecule has 11 nitrogen and oxygen atoms in total. The standard InChI is InChI=1S/C33H33F2N5O6S/c1-21(2)30(32(42)43)40(47(45)46)38-16-14-37(15-17-38)25-10-6-22(7-11-25)4-5-23-9-13-29-26(18-23)31(41)39(33(44)36(29)3)20-24-8-12-27(34)28(35)19-24/h6-13,18-19,21,30H,14-17,20H2,1-3H3,(H,42,43)(H,45,46)/p-1. The fourth-order valence-electron chi connectivity index (χ4n) is 5.60. The van der Waals surface area contributed by atoms with Crippen molar-refractivity contribution in [3.63, 3.8) is 0 Å². The number of carboxylic acids is 1. The normalized spacial score (nSPS) is 15.1. The number of hydrazine groups is 1. The molecule has 1 saturated heterocycles. The van der Waals surface area contributed by atoms with Crippen LogP contribution in [0.2, 0.25) is 0 Å². The Bertz CT molecular complexity index is 2030. The molecule has 4 aromatic rings. The molecule has 2 atom stereocenters. The molecule has 2 heterocycles. The number of hydrogen-bond acceptors (Lipinski definition) is 7. The van der Waals surface area contributed by atoms with Gasteiger partial charge in [-0.1, -0.05) is 31.8 Å². The molecule has 2 unspecified atom stereocenters. The summed E-state index contributed by atoms with van der Waals surface area (Å²) < 4.78 is 54.2. The van der Waals surface area contributed by atoms with Crippen LogP contribution < -0.4 is 16.1 Å². The van der Waals surface area contributed by atoms with E-state index in [4.69, 9.17) is 0 Å². The van der Waals surface area contributed by atoms with E-state index in [9.17, 15) is 37.0 Å². The molecule has 14 heteroatoms. The second kappa shape index (κ2) is 14.0. The Morgan fingerprint density at radius 3 is 2.19 bits per heavy atom. The van der Waals surface area contributed by atoms with Crippen LogP contribution in [0.3, 0.4) is 0 Å². The molecule has 5 rings (SSSR count). The molecule has 1 aliphatic heterocycles. The average Bonchev–Trinajstić information content (AvgIpc) is 3.05. The Balaban J connectivity index is 1.31. The lowest BCUT2D eigenvalue weighted by atomic mass is 10.1. The molecule has 0 saturated carbocycles. The van der Waals surface area contributed by atoms with Crippen molar-refractivity contribution in [2.45, 2.75) is 26.4 Å². The summed E-state index contributed by atoms with van der Waals surface area (Å²) in [5, 5.41) is 11.4. The van der Waals surface area contributed by atoms with Gasteiger partial charge in [0.15, 0.2) is 11.6 Å². The van der Waals surface area contributed by atoms with Crippen molar-refractivity contribution in [2.24, 2.45) is 13.0 Å². The molecule has 0 bridgehead atoms. The van der Waals surface area contributed by atoms with Crippen LogP contribution in [-0.4, -0.2) is 70.6 Å². The second-order valence-corrected chi connectivity index (χ2v) is 12.3. The number of nitrogens with zero attached hydrogens (tertiary/aromatic N) is 5. The Morgan fingerprint density at radius 1 is 0.957 bits per heavy atom. The van der Waals surface area contributed by atoms with Gasteiger partial charge in [0.1, 0.15) is 6.04 Å². The van der Waals surface area contributed by atoms with Gasteiger partial charge in [0, 0.05) is 61.3 Å². The maximum absolute atomic E-state index is 13.7. The summed E-state index contributed by atoms with van der Waals surface area (Å²) in [5.74, 6) is 2.41. The smallest absolute Gasteiger partial charge is 0.331 e. The number of fused-ring (bicyclic) bond motifs is 1. The van der Waals surface area contributed by atoms with Crippen LogP contribution in [0.1, 0.15) is 30.5 Å². The number of aryl methyl sites for hydroxylation is 1. The number of halogens is 2. The molecule has 3 aromatic carbocycles. The van der Waals surface area contributed by atoms with E-state index in [2.05, 4.69) is 16.7 Å². The maximum Gasteiger partial charge on any atom is 0.331 e. The number of aliphatic carboxylic acids is 1. The average molecular weight is 665 g/mol. The van der Waals surface area contributed by atoms with Gasteiger partial charge in [0.05, 0.1) is 17.4 Å². The number of rotatable bonds is 8. The lowest BCUT2D eigenvalue weighted by molar-refractivity contribution is -0.149. The summed E-state index contributed by atoms with van der Waals surface area (Å²) in [7, 11) is 1.53. The second-order valence-electron chi connectivity index (χ2n) is 11.5. The van der Waals surface area contributed by atoms with Crippen LogP contribution in [0.4, 0.5) is 14.5 Å². The minimum atomic E-state index is -2.74. The highest BCUT2D eigenvalue weighted by molar-refractivity contribution is 7.76. The van der Waals surface area contributed by atoms with Crippen LogP contribution in [0, 0.1) is 29.4 Å². The monoisotopic (exact) mass is 664 g/mol. The molecule has 0 amide bonds. The molecule has 1 N–H and O–H groups in total. The van der Waals surface area contributed by atoms with Crippen molar-refractivity contribution in [3.8, 4) is 11.8 Å². The zero-order chi connectivity index (χ0) is 34.0. The highest BCUT2D eigenvalue weighted by atomic mass is 32.2. The Labute approximate surface area is 271 Å². The van der Waals surface area contributed by atoms with Crippen LogP contribution >= 0.6 is 0 Å². The van der Waals surface area contributed by atoms with Crippen molar-refractivity contribution >= 4 is 33.8 Å². The van der Waals surface area contributed by atoms with Crippen molar-refractivity contribution < 1.29 is 27.4 Å². The van der Waals surface area contributed by atoms with Crippen LogP contribution in [0.5, 0.6) is 0 Å². The molecule has 1 fully saturated rings. The number of carbonyl (C=O) groups is 1. The van der Waals surface area contributed by atoms with Gasteiger partial charge in [-0.3, -0.25) is 22.9 Å². The van der Waals surface area contributed by atoms with Gasteiger partial charge in [-0.05, 0) is 66.1 Å². The van der Waals surface area contributed by atoms with E-state index in [1.165, 1.54) is 17.7 Å². The Kier molecular flexibility index (Phi) is 10.0. The Morgan fingerprint density at radius 2 is 1.60 bits per heavy atom. The van der Waals surface area contributed by atoms with E-state index in [-0.39, 0.29) is 17.5 Å². The van der Waals surface area contributed by atoms with Gasteiger partial charge in [-0.15, -0.1) is 0 Å². The van der Waals surface area contributed by atoms with Crippen molar-refractivity contribution in [1.29, 1.82) is 0 Å². The molecule has 246 valence electrons. The molecule has 1 aromatic heterocycles. The van der Waals surface area contributed by atoms with Gasteiger partial charge in [0.2, 0.25) is 0 Å². The number of piperazine rings is 1. The van der Waals surface area contributed by atoms with Crippen molar-refractivity contribution in [3.05, 3.63) is 110 Å². The summed E-state index contributed by atoms with van der Waals surface area (Å²) in [6.07, 6.45) is 0. The number of hydrogen-bond donors (Lipinski definition) is 1. The first kappa shape index (κ1) is 33.7. The highest BCUT2D eigenvalue weighted by Gasteiger charge is 2.35. The van der Waals surface area contributed by atoms with Gasteiger partial charge in [-0.2, -0.15) is 4.41 Å². The fourth-order valence-corrected chi connectivity index (χ4v) is 6.47. The molecule has 0 spiro atoms. The first-order chi connectivity index (χ1) is 22.3. The predicted molar refractivity (Wildman–Crippen MR) is 172 cm³/mol. The van der Waals surface area contributed by atoms with E-state index in [0.717, 1.165) is 26.8 Å². The van der Waals surface area contributed by atoms with Gasteiger partial charge in [-0.25, -0.2) is 18.6 Å². The quantitative estimate of drug-likeness (QED) is 0.225. The van der Waals surface area contributed by atoms with Crippen LogP contribution in [-0.2, 0) is 29.7 Å². The maximum atomic E-state index is 13.7. The zero-order valence-electron chi connectivity index (χ0n) is 25.9. The predicted octanol–water partition coefficient (Wildman–Crippen LogP) is 2.67. The minimum absolute atomic E-state index is 0.229. The summed E-state index contributed by atoms with van der Waals surface area (Å²) in [5.41, 5.74) is 1.65. The molecule has 47 heavy (non-hydrogen) atoms. The van der Waals surface area contributed by atoms with Crippen LogP contribution in [0.25, 0.3) is 10.9 Å². The minimum Gasteiger partial charge on any atom is -0.759 e. The molecule has 0 radical (unpaired) electrons. The molecular formula is C33H32F2N5O6S-. The number of carboxylic acid groups (broad SMARTS) is 1. The molecular weight excluding hydrogens is 632 g/mol. The lowest BCUT2D eigenvalue weighted by Crippen LogP contribution is -2.60. The summed E-state index contributed by atoms with van der Waals surface area (Å²) in [6.45, 7) is 4.71. The topological polar surface area (TPSA) is 131 Å². The zero-order valence-corrected chi connectivity index (χ0v) is 26.7. The fraction of sp³-hybridized carbons (Fsp3) is 0.303. The van der Waals surface area contributed by atoms with Crippen molar-refractivity contribution in [1.82, 2.24) is 18.6 Å². The Hall–Kier alpha value is -4.68. The van der Waals surface area contributed by atoms with E-state index in [1.54, 1.807) is 37.1 Å². The third-order valence-corrected chi connectivity index (χ3v) is 8.83. The van der Waals surface area contributed by atoms with E-state index < -0.39 is 52.1 Å². The summed E-state index contributed by atoms with van der Waals surface area (Å²) in [4.78, 5) is 40.1. The summed E-state index contributed by atoms with van der Waals surface area (Å²) in [6, 6.07) is 14.4. The number of benzene rings is 3. The van der Waals surface area contributed by atoms with Crippen LogP contribution in [0.15, 0.2) is 70.3 Å². The number of aromatic nitrogens is 2. The molecule has 0 aliphatic carbocycles. The third-order valence-electron chi connectivity index (χ3n) is 8.07. The first-order valence-electron chi connectivity index (χ1n) is 14.8. The van der Waals surface area contributed by atoms with E-state index >= 15 is 0 Å². The van der Waals surface area contributed by atoms with E-state index in [1.807, 2.05) is 24.3 Å². The van der Waals surface area contributed by atoms with Gasteiger partial charge in [0.25, 0.3) is 5.56 Å². The van der Waals surface area contributed by atoms with Gasteiger partial charge >= 0.3 is 11.7 Å². The van der Waals surface area contributed by atoms with Gasteiger partial charge < -0.3 is 14.6 Å². The largest absolute Gasteiger partial charge is 0.759 e. The third kappa shape index (κ3) is 7.18. The molecule has 1 aliphatic rings. The van der Waals surface area contributed by atoms with Crippen molar-refractivity contribution in [2.75, 3.05) is 31.1 Å². The number of anilines is 1. The summed E-state index contributed by atoms with van der Waals surface area (Å²) >= 11 is -2.74. The SMILES string of the molecule is CC(C)C(C(=O)O)N(N1CCN(c2ccc(C#Cc3ccc4c(c3)c(=O)n(Cc3ccc(F)c(F)c3)c(=O)n4C)cc2)CC1)S(=O)[O-].